The van der Waals surface area contributed by atoms with Gasteiger partial charge in [-0.25, -0.2) is 27.5 Å². The maximum atomic E-state index is 12.1. The van der Waals surface area contributed by atoms with E-state index in [4.69, 9.17) is 0 Å². The summed E-state index contributed by atoms with van der Waals surface area (Å²) in [5, 5.41) is 0. The highest BCUT2D eigenvalue weighted by Gasteiger charge is 2.15. The van der Waals surface area contributed by atoms with E-state index in [9.17, 15) is 8.42 Å². The Morgan fingerprint density at radius 2 is 1.70 bits per heavy atom. The van der Waals surface area contributed by atoms with Crippen molar-refractivity contribution in [2.24, 2.45) is 4.36 Å². The van der Waals surface area contributed by atoms with Crippen LogP contribution in [0.4, 0.5) is 11.6 Å². The monoisotopic (exact) mass is 310 g/mol. The SMILES string of the molecule is CS(C)=Nc1ccc(S(=O)(=O)Nc2ncccn2)cc1. The molecule has 0 amide bonds. The summed E-state index contributed by atoms with van der Waals surface area (Å²) in [5.74, 6) is 0.0462. The number of anilines is 1. The molecule has 106 valence electrons. The normalized spacial score (nSPS) is 11.3. The van der Waals surface area contributed by atoms with Crippen molar-refractivity contribution in [3.63, 3.8) is 0 Å². The quantitative estimate of drug-likeness (QED) is 0.935. The van der Waals surface area contributed by atoms with Crippen LogP contribution in [0.25, 0.3) is 0 Å². The van der Waals surface area contributed by atoms with Crippen molar-refractivity contribution in [3.05, 3.63) is 42.7 Å². The first-order valence-electron chi connectivity index (χ1n) is 5.67. The van der Waals surface area contributed by atoms with Gasteiger partial charge in [-0.1, -0.05) is 0 Å². The smallest absolute Gasteiger partial charge is 0.247 e. The van der Waals surface area contributed by atoms with E-state index in [1.807, 2.05) is 12.5 Å². The third-order valence-electron chi connectivity index (χ3n) is 2.23. The van der Waals surface area contributed by atoms with E-state index in [2.05, 4.69) is 19.1 Å². The highest BCUT2D eigenvalue weighted by Crippen LogP contribution is 2.18. The average molecular weight is 310 g/mol. The Labute approximate surface area is 120 Å². The molecule has 0 aliphatic heterocycles. The van der Waals surface area contributed by atoms with Crippen LogP contribution < -0.4 is 4.72 Å². The van der Waals surface area contributed by atoms with Crippen LogP contribution in [0.2, 0.25) is 0 Å². The lowest BCUT2D eigenvalue weighted by molar-refractivity contribution is 0.601. The average Bonchev–Trinajstić information content (AvgIpc) is 2.39. The Balaban J connectivity index is 2.24. The Morgan fingerprint density at radius 3 is 2.25 bits per heavy atom. The molecule has 0 aliphatic carbocycles. The predicted molar refractivity (Wildman–Crippen MR) is 80.6 cm³/mol. The van der Waals surface area contributed by atoms with Crippen LogP contribution in [0.5, 0.6) is 0 Å². The number of benzene rings is 1. The molecule has 1 N–H and O–H groups in total. The number of hydrogen-bond donors (Lipinski definition) is 1. The minimum absolute atomic E-state index is 0.0462. The Bertz CT molecular complexity index is 709. The number of sulfonamides is 1. The lowest BCUT2D eigenvalue weighted by Gasteiger charge is -2.06. The van der Waals surface area contributed by atoms with E-state index >= 15 is 0 Å². The second-order valence-corrected chi connectivity index (χ2v) is 7.45. The largest absolute Gasteiger partial charge is 0.264 e. The van der Waals surface area contributed by atoms with Gasteiger partial charge in [0.15, 0.2) is 0 Å². The molecular formula is C12H14N4O2S2. The van der Waals surface area contributed by atoms with Gasteiger partial charge in [0.25, 0.3) is 10.0 Å². The number of nitrogens with zero attached hydrogens (tertiary/aromatic N) is 3. The van der Waals surface area contributed by atoms with Crippen LogP contribution in [0.3, 0.4) is 0 Å². The molecule has 0 spiro atoms. The van der Waals surface area contributed by atoms with Crippen LogP contribution in [-0.4, -0.2) is 30.9 Å². The van der Waals surface area contributed by atoms with Gasteiger partial charge in [-0.2, -0.15) is 0 Å². The highest BCUT2D eigenvalue weighted by atomic mass is 32.2. The van der Waals surface area contributed by atoms with E-state index in [0.29, 0.717) is 0 Å². The van der Waals surface area contributed by atoms with Gasteiger partial charge in [0.1, 0.15) is 0 Å². The summed E-state index contributed by atoms with van der Waals surface area (Å²) >= 11 is 0. The summed E-state index contributed by atoms with van der Waals surface area (Å²) in [5.41, 5.74) is 0.758. The predicted octanol–water partition coefficient (Wildman–Crippen LogP) is 1.97. The van der Waals surface area contributed by atoms with Gasteiger partial charge in [-0.3, -0.25) is 0 Å². The lowest BCUT2D eigenvalue weighted by Crippen LogP contribution is -2.14. The van der Waals surface area contributed by atoms with E-state index in [0.717, 1.165) is 5.69 Å². The minimum atomic E-state index is -3.67. The molecule has 1 aromatic heterocycles. The first-order chi connectivity index (χ1) is 9.47. The third-order valence-corrected chi connectivity index (χ3v) is 4.15. The van der Waals surface area contributed by atoms with Crippen molar-refractivity contribution in [2.45, 2.75) is 4.90 Å². The highest BCUT2D eigenvalue weighted by molar-refractivity contribution is 7.92. The molecule has 0 atom stereocenters. The molecule has 0 saturated heterocycles. The molecule has 1 aromatic carbocycles. The van der Waals surface area contributed by atoms with Gasteiger partial charge in [0, 0.05) is 12.4 Å². The number of nitrogens with one attached hydrogen (secondary N) is 1. The molecule has 20 heavy (non-hydrogen) atoms. The minimum Gasteiger partial charge on any atom is -0.247 e. The van der Waals surface area contributed by atoms with E-state index in [1.54, 1.807) is 18.2 Å². The fourth-order valence-electron chi connectivity index (χ4n) is 1.43. The maximum absolute atomic E-state index is 12.1. The zero-order valence-corrected chi connectivity index (χ0v) is 12.6. The second-order valence-electron chi connectivity index (χ2n) is 4.04. The Morgan fingerprint density at radius 1 is 1.10 bits per heavy atom. The molecule has 6 nitrogen and oxygen atoms in total. The van der Waals surface area contributed by atoms with Gasteiger partial charge in [0.2, 0.25) is 5.95 Å². The molecule has 0 aliphatic rings. The number of rotatable bonds is 4. The van der Waals surface area contributed by atoms with Crippen LogP contribution in [0.1, 0.15) is 0 Å². The van der Waals surface area contributed by atoms with Crippen molar-refractivity contribution in [2.75, 3.05) is 17.2 Å². The second kappa shape index (κ2) is 6.10. The van der Waals surface area contributed by atoms with Crippen LogP contribution >= 0.6 is 0 Å². The van der Waals surface area contributed by atoms with Crippen LogP contribution in [0.15, 0.2) is 52.0 Å². The van der Waals surface area contributed by atoms with Crippen molar-refractivity contribution in [3.8, 4) is 0 Å². The zero-order chi connectivity index (χ0) is 14.6. The molecule has 1 heterocycles. The molecular weight excluding hydrogens is 296 g/mol. The summed E-state index contributed by atoms with van der Waals surface area (Å²) in [6, 6.07) is 7.98. The Kier molecular flexibility index (Phi) is 4.46. The lowest BCUT2D eigenvalue weighted by atomic mass is 10.3. The number of aromatic nitrogens is 2. The maximum Gasteiger partial charge on any atom is 0.264 e. The summed E-state index contributed by atoms with van der Waals surface area (Å²) in [6.07, 6.45) is 6.91. The standard InChI is InChI=1S/C12H14N4O2S2/c1-19(2)15-10-4-6-11(7-5-10)20(17,18)16-12-13-8-3-9-14-12/h3-9H,1-2H3,(H,13,14,16). The summed E-state index contributed by atoms with van der Waals surface area (Å²) < 4.78 is 30.9. The molecule has 2 rings (SSSR count). The van der Waals surface area contributed by atoms with E-state index < -0.39 is 10.0 Å². The van der Waals surface area contributed by atoms with Gasteiger partial charge < -0.3 is 0 Å². The van der Waals surface area contributed by atoms with Gasteiger partial charge in [-0.15, -0.1) is 10.7 Å². The van der Waals surface area contributed by atoms with Crippen molar-refractivity contribution in [1.29, 1.82) is 0 Å². The van der Waals surface area contributed by atoms with Gasteiger partial charge >= 0.3 is 0 Å². The number of hydrogen-bond acceptors (Lipinski definition) is 5. The molecule has 0 bridgehead atoms. The third kappa shape index (κ3) is 3.84. The van der Waals surface area contributed by atoms with Gasteiger partial charge in [-0.05, 0) is 42.8 Å². The molecule has 0 unspecified atom stereocenters. The summed E-state index contributed by atoms with van der Waals surface area (Å²) in [4.78, 5) is 7.80. The van der Waals surface area contributed by atoms with Crippen LogP contribution in [0, 0.1) is 0 Å². The molecule has 0 radical (unpaired) electrons. The van der Waals surface area contributed by atoms with Crippen molar-refractivity contribution >= 4 is 32.4 Å². The first-order valence-corrected chi connectivity index (χ1v) is 9.15. The van der Waals surface area contributed by atoms with Crippen LogP contribution in [-0.2, 0) is 20.7 Å². The Hall–Kier alpha value is -1.80. The fourth-order valence-corrected chi connectivity index (χ4v) is 2.93. The molecule has 8 heteroatoms. The first kappa shape index (κ1) is 14.6. The van der Waals surface area contributed by atoms with Crippen molar-refractivity contribution < 1.29 is 8.42 Å². The summed E-state index contributed by atoms with van der Waals surface area (Å²) in [6.45, 7) is 0. The molecule has 0 saturated carbocycles. The fraction of sp³-hybridized carbons (Fsp3) is 0.167. The van der Waals surface area contributed by atoms with E-state index in [-0.39, 0.29) is 21.5 Å². The summed E-state index contributed by atoms with van der Waals surface area (Å²) in [7, 11) is -3.76. The molecule has 2 aromatic rings. The molecule has 0 fully saturated rings. The van der Waals surface area contributed by atoms with Gasteiger partial charge in [0.05, 0.1) is 10.6 Å². The van der Waals surface area contributed by atoms with E-state index in [1.165, 1.54) is 24.5 Å². The topological polar surface area (TPSA) is 84.3 Å². The van der Waals surface area contributed by atoms with Crippen molar-refractivity contribution in [1.82, 2.24) is 9.97 Å². The zero-order valence-electron chi connectivity index (χ0n) is 11.0.